The molecule has 1 aromatic heterocycles. The number of aromatic nitrogens is 2. The number of hydrogen-bond donors (Lipinski definition) is 2. The molecule has 37 heavy (non-hydrogen) atoms. The molecule has 1 aliphatic heterocycles. The van der Waals surface area contributed by atoms with Crippen molar-refractivity contribution in [1.29, 1.82) is 0 Å². The Balaban J connectivity index is 1.24. The molecule has 1 atom stereocenters. The Hall–Kier alpha value is -2.87. The largest absolute Gasteiger partial charge is 0.493 e. The summed E-state index contributed by atoms with van der Waals surface area (Å²) in [5.74, 6) is 1.87. The first kappa shape index (κ1) is 27.2. The van der Waals surface area contributed by atoms with Crippen LogP contribution in [-0.2, 0) is 13.5 Å². The van der Waals surface area contributed by atoms with Gasteiger partial charge in [0, 0.05) is 45.8 Å². The predicted molar refractivity (Wildman–Crippen MR) is 148 cm³/mol. The van der Waals surface area contributed by atoms with Gasteiger partial charge in [0.1, 0.15) is 11.5 Å². The Kier molecular flexibility index (Phi) is 9.99. The SMILES string of the molecule is Cc1c(OCCCNCCc2cn(C)cn2)cccc1-c1cccc(OCCCN2CCC(O)C2)c1C. The third-order valence-corrected chi connectivity index (χ3v) is 7.05. The van der Waals surface area contributed by atoms with Gasteiger partial charge in [0.15, 0.2) is 0 Å². The van der Waals surface area contributed by atoms with Gasteiger partial charge in [0.05, 0.1) is 31.3 Å². The van der Waals surface area contributed by atoms with Crippen molar-refractivity contribution in [2.75, 3.05) is 45.9 Å². The van der Waals surface area contributed by atoms with E-state index in [1.165, 1.54) is 11.1 Å². The highest BCUT2D eigenvalue weighted by Crippen LogP contribution is 2.35. The molecule has 0 bridgehead atoms. The van der Waals surface area contributed by atoms with Crippen LogP contribution in [0.15, 0.2) is 48.9 Å². The fourth-order valence-corrected chi connectivity index (χ4v) is 4.93. The van der Waals surface area contributed by atoms with Crippen molar-refractivity contribution in [3.8, 4) is 22.6 Å². The minimum Gasteiger partial charge on any atom is -0.493 e. The molecule has 2 aromatic carbocycles. The van der Waals surface area contributed by atoms with Crippen molar-refractivity contribution in [2.24, 2.45) is 7.05 Å². The average molecular weight is 507 g/mol. The Morgan fingerprint density at radius 2 is 1.65 bits per heavy atom. The minimum atomic E-state index is -0.165. The van der Waals surface area contributed by atoms with Gasteiger partial charge in [-0.3, -0.25) is 0 Å². The van der Waals surface area contributed by atoms with Gasteiger partial charge in [-0.25, -0.2) is 4.98 Å². The van der Waals surface area contributed by atoms with Crippen LogP contribution in [0.5, 0.6) is 11.5 Å². The first-order valence-corrected chi connectivity index (χ1v) is 13.5. The number of benzene rings is 2. The fourth-order valence-electron chi connectivity index (χ4n) is 4.93. The molecule has 2 heterocycles. The van der Waals surface area contributed by atoms with E-state index in [1.54, 1.807) is 0 Å². The van der Waals surface area contributed by atoms with Crippen molar-refractivity contribution in [1.82, 2.24) is 19.8 Å². The third-order valence-electron chi connectivity index (χ3n) is 7.05. The second-order valence-electron chi connectivity index (χ2n) is 10.0. The molecule has 0 amide bonds. The first-order chi connectivity index (χ1) is 18.0. The third kappa shape index (κ3) is 7.81. The second-order valence-corrected chi connectivity index (χ2v) is 10.0. The predicted octanol–water partition coefficient (Wildman–Crippen LogP) is 4.14. The number of nitrogens with zero attached hydrogens (tertiary/aromatic N) is 3. The highest BCUT2D eigenvalue weighted by Gasteiger charge is 2.19. The number of aliphatic hydroxyl groups is 1. The van der Waals surface area contributed by atoms with E-state index in [2.05, 4.69) is 71.6 Å². The Labute approximate surface area is 221 Å². The van der Waals surface area contributed by atoms with E-state index in [0.29, 0.717) is 13.2 Å². The van der Waals surface area contributed by atoms with Crippen LogP contribution in [0.2, 0.25) is 0 Å². The number of aliphatic hydroxyl groups excluding tert-OH is 1. The van der Waals surface area contributed by atoms with Gasteiger partial charge < -0.3 is 29.4 Å². The molecule has 2 N–H and O–H groups in total. The number of ether oxygens (including phenoxy) is 2. The smallest absolute Gasteiger partial charge is 0.122 e. The van der Waals surface area contributed by atoms with E-state index in [0.717, 1.165) is 86.7 Å². The number of nitrogens with one attached hydrogen (secondary N) is 1. The molecule has 7 nitrogen and oxygen atoms in total. The summed E-state index contributed by atoms with van der Waals surface area (Å²) in [6, 6.07) is 12.6. The summed E-state index contributed by atoms with van der Waals surface area (Å²) in [5, 5.41) is 13.2. The fraction of sp³-hybridized carbons (Fsp3) is 0.500. The van der Waals surface area contributed by atoms with E-state index in [4.69, 9.17) is 9.47 Å². The standard InChI is InChI=1S/C30H42N4O3/c1-23-27(8-4-10-29(23)36-18-6-14-31-15-12-25-20-33(3)22-32-25)28-9-5-11-30(24(28)2)37-19-7-16-34-17-13-26(35)21-34/h4-5,8-11,20,22,26,31,35H,6-7,12-19,21H2,1-3H3. The lowest BCUT2D eigenvalue weighted by molar-refractivity contribution is 0.173. The molecule has 1 fully saturated rings. The van der Waals surface area contributed by atoms with E-state index in [-0.39, 0.29) is 6.10 Å². The average Bonchev–Trinajstić information content (AvgIpc) is 3.50. The summed E-state index contributed by atoms with van der Waals surface area (Å²) < 4.78 is 14.3. The van der Waals surface area contributed by atoms with Crippen LogP contribution in [0.3, 0.4) is 0 Å². The maximum Gasteiger partial charge on any atom is 0.122 e. The molecule has 200 valence electrons. The maximum atomic E-state index is 9.69. The van der Waals surface area contributed by atoms with Crippen molar-refractivity contribution in [2.45, 2.75) is 45.6 Å². The lowest BCUT2D eigenvalue weighted by atomic mass is 9.95. The zero-order valence-electron chi connectivity index (χ0n) is 22.6. The molecule has 0 spiro atoms. The molecule has 0 saturated carbocycles. The van der Waals surface area contributed by atoms with Gasteiger partial charge in [-0.1, -0.05) is 24.3 Å². The molecule has 4 rings (SSSR count). The summed E-state index contributed by atoms with van der Waals surface area (Å²) in [5.41, 5.74) is 5.78. The quantitative estimate of drug-likeness (QED) is 0.320. The summed E-state index contributed by atoms with van der Waals surface area (Å²) >= 11 is 0. The highest BCUT2D eigenvalue weighted by atomic mass is 16.5. The van der Waals surface area contributed by atoms with Crippen molar-refractivity contribution in [3.63, 3.8) is 0 Å². The topological polar surface area (TPSA) is 71.8 Å². The lowest BCUT2D eigenvalue weighted by Crippen LogP contribution is -2.24. The van der Waals surface area contributed by atoms with Gasteiger partial charge in [-0.2, -0.15) is 0 Å². The number of hydrogen-bond acceptors (Lipinski definition) is 6. The molecule has 7 heteroatoms. The number of aryl methyl sites for hydroxylation is 1. The van der Waals surface area contributed by atoms with E-state index in [1.807, 2.05) is 17.9 Å². The second kappa shape index (κ2) is 13.6. The molecule has 1 unspecified atom stereocenters. The molecule has 0 aliphatic carbocycles. The summed E-state index contributed by atoms with van der Waals surface area (Å²) in [6.45, 7) is 10.2. The van der Waals surface area contributed by atoms with Crippen LogP contribution in [0.25, 0.3) is 11.1 Å². The van der Waals surface area contributed by atoms with Gasteiger partial charge in [-0.05, 0) is 74.0 Å². The van der Waals surface area contributed by atoms with Crippen LogP contribution in [0.1, 0.15) is 36.1 Å². The lowest BCUT2D eigenvalue weighted by Gasteiger charge is -2.18. The molecule has 0 radical (unpaired) electrons. The Bertz CT molecular complexity index is 1130. The number of imidazole rings is 1. The van der Waals surface area contributed by atoms with E-state index < -0.39 is 0 Å². The van der Waals surface area contributed by atoms with E-state index in [9.17, 15) is 5.11 Å². The molecule has 3 aromatic rings. The van der Waals surface area contributed by atoms with E-state index >= 15 is 0 Å². The molecular weight excluding hydrogens is 464 g/mol. The van der Waals surface area contributed by atoms with Crippen LogP contribution >= 0.6 is 0 Å². The van der Waals surface area contributed by atoms with Gasteiger partial charge in [0.2, 0.25) is 0 Å². The summed E-state index contributed by atoms with van der Waals surface area (Å²) in [7, 11) is 2.00. The highest BCUT2D eigenvalue weighted by molar-refractivity contribution is 5.74. The Morgan fingerprint density at radius 3 is 2.24 bits per heavy atom. The summed E-state index contributed by atoms with van der Waals surface area (Å²) in [4.78, 5) is 6.67. The van der Waals surface area contributed by atoms with Crippen LogP contribution in [0, 0.1) is 13.8 Å². The Morgan fingerprint density at radius 1 is 0.973 bits per heavy atom. The molecule has 1 saturated heterocycles. The van der Waals surface area contributed by atoms with Crippen LogP contribution < -0.4 is 14.8 Å². The minimum absolute atomic E-state index is 0.165. The molecule has 1 aliphatic rings. The summed E-state index contributed by atoms with van der Waals surface area (Å²) in [6.07, 6.45) is 7.46. The number of likely N-dealkylation sites (tertiary alicyclic amines) is 1. The normalized spacial score (nSPS) is 15.8. The number of rotatable bonds is 14. The zero-order valence-corrected chi connectivity index (χ0v) is 22.6. The molecular formula is C30H42N4O3. The van der Waals surface area contributed by atoms with Crippen molar-refractivity contribution in [3.05, 3.63) is 65.7 Å². The van der Waals surface area contributed by atoms with Crippen LogP contribution in [0.4, 0.5) is 0 Å². The number of β-amino-alcohol motifs (C(OH)–C–C–N with tert-alkyl or cyclic N) is 1. The van der Waals surface area contributed by atoms with Crippen molar-refractivity contribution >= 4 is 0 Å². The van der Waals surface area contributed by atoms with Gasteiger partial charge in [0.25, 0.3) is 0 Å². The first-order valence-electron chi connectivity index (χ1n) is 13.5. The zero-order chi connectivity index (χ0) is 26.0. The monoisotopic (exact) mass is 506 g/mol. The van der Waals surface area contributed by atoms with Crippen molar-refractivity contribution < 1.29 is 14.6 Å². The van der Waals surface area contributed by atoms with Gasteiger partial charge in [-0.15, -0.1) is 0 Å². The van der Waals surface area contributed by atoms with Gasteiger partial charge >= 0.3 is 0 Å². The van der Waals surface area contributed by atoms with Crippen LogP contribution in [-0.4, -0.2) is 71.6 Å². The maximum absolute atomic E-state index is 9.69.